The Balaban J connectivity index is 2.26. The lowest BCUT2D eigenvalue weighted by atomic mass is 10.0. The number of hydrogen-bond acceptors (Lipinski definition) is 3. The van der Waals surface area contributed by atoms with Gasteiger partial charge in [0.1, 0.15) is 4.90 Å². The third-order valence-corrected chi connectivity index (χ3v) is 6.18. The molecule has 0 radical (unpaired) electrons. The van der Waals surface area contributed by atoms with Gasteiger partial charge in [0, 0.05) is 23.0 Å². The van der Waals surface area contributed by atoms with Gasteiger partial charge in [0.2, 0.25) is 10.0 Å². The van der Waals surface area contributed by atoms with Crippen LogP contribution in [0, 0.1) is 5.92 Å². The van der Waals surface area contributed by atoms with E-state index in [1.165, 1.54) is 12.1 Å². The molecule has 0 spiro atoms. The Labute approximate surface area is 137 Å². The molecule has 8 heteroatoms. The Morgan fingerprint density at radius 2 is 2.00 bits per heavy atom. The molecule has 1 aromatic rings. The fraction of sp³-hybridized carbons (Fsp3) is 0.500. The summed E-state index contributed by atoms with van der Waals surface area (Å²) in [5.74, 6) is 0.165. The van der Waals surface area contributed by atoms with Crippen molar-refractivity contribution in [2.45, 2.75) is 24.3 Å². The zero-order valence-electron chi connectivity index (χ0n) is 10.7. The Bertz CT molecular complexity index is 580. The molecule has 112 valence electrons. The van der Waals surface area contributed by atoms with Crippen LogP contribution in [0.1, 0.15) is 13.3 Å². The molecule has 4 nitrogen and oxygen atoms in total. The Hall–Kier alpha value is 0.150. The molecule has 2 atom stereocenters. The first-order chi connectivity index (χ1) is 9.31. The molecular weight excluding hydrogens is 389 g/mol. The number of halogens is 3. The third kappa shape index (κ3) is 3.67. The van der Waals surface area contributed by atoms with Gasteiger partial charge in [-0.05, 0) is 25.5 Å². The van der Waals surface area contributed by atoms with Crippen LogP contribution < -0.4 is 4.72 Å². The average molecular weight is 403 g/mol. The van der Waals surface area contributed by atoms with Gasteiger partial charge in [-0.3, -0.25) is 0 Å². The number of rotatable bonds is 4. The molecule has 1 aromatic carbocycles. The van der Waals surface area contributed by atoms with Crippen LogP contribution in [0.2, 0.25) is 10.0 Å². The standard InChI is InChI=1S/C12H14BrCl2NO3S/c1-7(8-2-3-19-6-8)16-20(17,18)12-10(14)4-9(13)5-11(12)15/h4-5,7-8,16H,2-3,6H2,1H3. The van der Waals surface area contributed by atoms with E-state index in [1.54, 1.807) is 0 Å². The third-order valence-electron chi connectivity index (χ3n) is 3.24. The number of nitrogens with one attached hydrogen (secondary N) is 1. The largest absolute Gasteiger partial charge is 0.381 e. The van der Waals surface area contributed by atoms with Crippen LogP contribution in [-0.2, 0) is 14.8 Å². The van der Waals surface area contributed by atoms with E-state index in [2.05, 4.69) is 20.7 Å². The molecule has 20 heavy (non-hydrogen) atoms. The summed E-state index contributed by atoms with van der Waals surface area (Å²) < 4.78 is 33.4. The molecule has 0 aromatic heterocycles. The van der Waals surface area contributed by atoms with E-state index in [9.17, 15) is 8.42 Å². The van der Waals surface area contributed by atoms with Gasteiger partial charge in [0.15, 0.2) is 0 Å². The Kier molecular flexibility index (Phi) is 5.37. The van der Waals surface area contributed by atoms with Crippen LogP contribution in [0.3, 0.4) is 0 Å². The summed E-state index contributed by atoms with van der Waals surface area (Å²) in [6, 6.07) is 2.77. The second-order valence-corrected chi connectivity index (χ2v) is 8.11. The van der Waals surface area contributed by atoms with Crippen molar-refractivity contribution < 1.29 is 13.2 Å². The molecule has 0 aliphatic carbocycles. The molecule has 1 heterocycles. The highest BCUT2D eigenvalue weighted by atomic mass is 79.9. The summed E-state index contributed by atoms with van der Waals surface area (Å²) >= 11 is 15.2. The summed E-state index contributed by atoms with van der Waals surface area (Å²) in [5.41, 5.74) is 0. The van der Waals surface area contributed by atoms with Gasteiger partial charge in [-0.2, -0.15) is 0 Å². The van der Waals surface area contributed by atoms with Gasteiger partial charge in [0.05, 0.1) is 16.7 Å². The van der Waals surface area contributed by atoms with Crippen molar-refractivity contribution in [1.29, 1.82) is 0 Å². The van der Waals surface area contributed by atoms with E-state index in [1.807, 2.05) is 6.92 Å². The van der Waals surface area contributed by atoms with Crippen molar-refractivity contribution in [3.8, 4) is 0 Å². The molecule has 0 amide bonds. The van der Waals surface area contributed by atoms with Crippen molar-refractivity contribution in [3.05, 3.63) is 26.7 Å². The molecule has 1 aliphatic rings. The van der Waals surface area contributed by atoms with Gasteiger partial charge >= 0.3 is 0 Å². The van der Waals surface area contributed by atoms with E-state index in [0.29, 0.717) is 17.7 Å². The van der Waals surface area contributed by atoms with Crippen LogP contribution >= 0.6 is 39.1 Å². The SMILES string of the molecule is CC(NS(=O)(=O)c1c(Cl)cc(Br)cc1Cl)C1CCOC1. The summed E-state index contributed by atoms with van der Waals surface area (Å²) in [6.07, 6.45) is 0.839. The molecule has 1 N–H and O–H groups in total. The normalized spacial score (nSPS) is 21.1. The number of sulfonamides is 1. The molecule has 1 saturated heterocycles. The van der Waals surface area contributed by atoms with E-state index >= 15 is 0 Å². The zero-order chi connectivity index (χ0) is 14.9. The van der Waals surface area contributed by atoms with Gasteiger partial charge in [-0.25, -0.2) is 13.1 Å². The number of benzene rings is 1. The molecule has 0 bridgehead atoms. The van der Waals surface area contributed by atoms with Crippen molar-refractivity contribution in [1.82, 2.24) is 4.72 Å². The second kappa shape index (κ2) is 6.50. The van der Waals surface area contributed by atoms with Gasteiger partial charge in [-0.1, -0.05) is 39.1 Å². The van der Waals surface area contributed by atoms with Crippen molar-refractivity contribution in [2.75, 3.05) is 13.2 Å². The van der Waals surface area contributed by atoms with E-state index in [-0.39, 0.29) is 26.9 Å². The number of ether oxygens (including phenoxy) is 1. The summed E-state index contributed by atoms with van der Waals surface area (Å²) in [5, 5.41) is 0.179. The minimum Gasteiger partial charge on any atom is -0.381 e. The Morgan fingerprint density at radius 1 is 1.40 bits per heavy atom. The summed E-state index contributed by atoms with van der Waals surface area (Å²) in [6.45, 7) is 3.04. The van der Waals surface area contributed by atoms with Crippen molar-refractivity contribution in [2.24, 2.45) is 5.92 Å². The smallest absolute Gasteiger partial charge is 0.243 e. The van der Waals surface area contributed by atoms with Gasteiger partial charge in [-0.15, -0.1) is 0 Å². The quantitative estimate of drug-likeness (QED) is 0.838. The first-order valence-corrected chi connectivity index (χ1v) is 9.09. The molecule has 2 unspecified atom stereocenters. The zero-order valence-corrected chi connectivity index (χ0v) is 14.6. The second-order valence-electron chi connectivity index (χ2n) is 4.73. The highest BCUT2D eigenvalue weighted by Gasteiger charge is 2.29. The Morgan fingerprint density at radius 3 is 2.50 bits per heavy atom. The molecule has 2 rings (SSSR count). The van der Waals surface area contributed by atoms with Crippen LogP contribution in [0.15, 0.2) is 21.5 Å². The van der Waals surface area contributed by atoms with E-state index < -0.39 is 10.0 Å². The molecule has 0 saturated carbocycles. The van der Waals surface area contributed by atoms with Crippen LogP contribution in [-0.4, -0.2) is 27.7 Å². The molecule has 1 aliphatic heterocycles. The van der Waals surface area contributed by atoms with Crippen molar-refractivity contribution >= 4 is 49.2 Å². The average Bonchev–Trinajstić information content (AvgIpc) is 2.78. The highest BCUT2D eigenvalue weighted by Crippen LogP contribution is 2.33. The fourth-order valence-electron chi connectivity index (χ4n) is 2.13. The number of hydrogen-bond donors (Lipinski definition) is 1. The lowest BCUT2D eigenvalue weighted by Crippen LogP contribution is -2.38. The predicted octanol–water partition coefficient (Wildman–Crippen LogP) is 3.46. The molecular formula is C12H14BrCl2NO3S. The minimum atomic E-state index is -3.77. The summed E-state index contributed by atoms with van der Waals surface area (Å²) in [4.78, 5) is -0.0881. The highest BCUT2D eigenvalue weighted by molar-refractivity contribution is 9.10. The lowest BCUT2D eigenvalue weighted by Gasteiger charge is -2.20. The fourth-order valence-corrected chi connectivity index (χ4v) is 5.38. The monoisotopic (exact) mass is 401 g/mol. The van der Waals surface area contributed by atoms with Crippen molar-refractivity contribution in [3.63, 3.8) is 0 Å². The van der Waals surface area contributed by atoms with Gasteiger partial charge in [0.25, 0.3) is 0 Å². The van der Waals surface area contributed by atoms with Gasteiger partial charge < -0.3 is 4.74 Å². The maximum atomic E-state index is 12.4. The topological polar surface area (TPSA) is 55.4 Å². The lowest BCUT2D eigenvalue weighted by molar-refractivity contribution is 0.180. The van der Waals surface area contributed by atoms with Crippen LogP contribution in [0.25, 0.3) is 0 Å². The van der Waals surface area contributed by atoms with Crippen LogP contribution in [0.5, 0.6) is 0 Å². The first kappa shape index (κ1) is 16.5. The first-order valence-electron chi connectivity index (χ1n) is 6.06. The van der Waals surface area contributed by atoms with E-state index in [4.69, 9.17) is 27.9 Å². The van der Waals surface area contributed by atoms with Crippen LogP contribution in [0.4, 0.5) is 0 Å². The van der Waals surface area contributed by atoms with E-state index in [0.717, 1.165) is 6.42 Å². The molecule has 1 fully saturated rings. The predicted molar refractivity (Wildman–Crippen MR) is 82.9 cm³/mol. The summed E-state index contributed by atoms with van der Waals surface area (Å²) in [7, 11) is -3.77. The maximum Gasteiger partial charge on any atom is 0.243 e. The minimum absolute atomic E-state index is 0.0881. The maximum absolute atomic E-state index is 12.4.